The fourth-order valence-electron chi connectivity index (χ4n) is 1.25. The molecule has 0 saturated carbocycles. The largest absolute Gasteiger partial charge is 0.477 e. The van der Waals surface area contributed by atoms with Gasteiger partial charge in [-0.15, -0.1) is 0 Å². The monoisotopic (exact) mass is 149 g/mol. The van der Waals surface area contributed by atoms with E-state index in [4.69, 9.17) is 5.11 Å². The van der Waals surface area contributed by atoms with Gasteiger partial charge in [-0.3, -0.25) is 0 Å². The number of carboxylic acids is 1. The van der Waals surface area contributed by atoms with Gasteiger partial charge < -0.3 is 10.1 Å². The highest BCUT2D eigenvalue weighted by atomic mass is 16.4. The molecule has 56 valence electrons. The fourth-order valence-corrected chi connectivity index (χ4v) is 1.25. The van der Waals surface area contributed by atoms with Crippen LogP contribution in [-0.4, -0.2) is 16.1 Å². The van der Waals surface area contributed by atoms with Gasteiger partial charge in [0.1, 0.15) is 5.69 Å². The molecule has 0 aromatic carbocycles. The van der Waals surface area contributed by atoms with Gasteiger partial charge in [0, 0.05) is 5.69 Å². The molecule has 1 aromatic heterocycles. The zero-order valence-corrected chi connectivity index (χ0v) is 5.79. The van der Waals surface area contributed by atoms with Crippen molar-refractivity contribution in [2.75, 3.05) is 0 Å². The summed E-state index contributed by atoms with van der Waals surface area (Å²) in [6, 6.07) is 1.68. The standard InChI is InChI=1S/C8H7NO2/c10-8(11)7-4-5-2-1-3-6(5)9-7/h1,3-4,9H,2H2,(H,10,11). The summed E-state index contributed by atoms with van der Waals surface area (Å²) in [7, 11) is 0. The number of aromatic nitrogens is 1. The minimum absolute atomic E-state index is 0.277. The topological polar surface area (TPSA) is 53.1 Å². The first-order valence-corrected chi connectivity index (χ1v) is 3.39. The number of carbonyl (C=O) groups is 1. The van der Waals surface area contributed by atoms with Crippen molar-refractivity contribution in [3.63, 3.8) is 0 Å². The van der Waals surface area contributed by atoms with Crippen molar-refractivity contribution in [1.82, 2.24) is 4.98 Å². The zero-order chi connectivity index (χ0) is 7.84. The Bertz CT molecular complexity index is 336. The summed E-state index contributed by atoms with van der Waals surface area (Å²) in [6.07, 6.45) is 4.76. The molecule has 0 radical (unpaired) electrons. The summed E-state index contributed by atoms with van der Waals surface area (Å²) in [4.78, 5) is 13.3. The molecule has 0 unspecified atom stereocenters. The number of nitrogens with one attached hydrogen (secondary N) is 1. The lowest BCUT2D eigenvalue weighted by molar-refractivity contribution is 0.0691. The Labute approximate surface area is 63.4 Å². The number of fused-ring (bicyclic) bond motifs is 1. The zero-order valence-electron chi connectivity index (χ0n) is 5.79. The number of H-pyrrole nitrogens is 1. The molecule has 2 N–H and O–H groups in total. The van der Waals surface area contributed by atoms with Crippen LogP contribution in [0.25, 0.3) is 6.08 Å². The molecule has 0 saturated heterocycles. The maximum absolute atomic E-state index is 10.5. The molecule has 1 aromatic rings. The third-order valence-electron chi connectivity index (χ3n) is 1.79. The molecule has 0 amide bonds. The third-order valence-corrected chi connectivity index (χ3v) is 1.79. The molecule has 0 atom stereocenters. The Morgan fingerprint density at radius 1 is 1.64 bits per heavy atom. The van der Waals surface area contributed by atoms with Gasteiger partial charge in [-0.1, -0.05) is 6.08 Å². The molecule has 11 heavy (non-hydrogen) atoms. The first-order chi connectivity index (χ1) is 5.27. The molecule has 0 bridgehead atoms. The van der Waals surface area contributed by atoms with E-state index in [1.54, 1.807) is 6.07 Å². The summed E-state index contributed by atoms with van der Waals surface area (Å²) in [6.45, 7) is 0. The molecule has 3 heteroatoms. The molecule has 1 heterocycles. The second-order valence-electron chi connectivity index (χ2n) is 2.53. The minimum atomic E-state index is -0.896. The normalized spacial score (nSPS) is 13.5. The third kappa shape index (κ3) is 0.852. The van der Waals surface area contributed by atoms with Crippen LogP contribution in [0.5, 0.6) is 0 Å². The van der Waals surface area contributed by atoms with Crippen molar-refractivity contribution < 1.29 is 9.90 Å². The summed E-state index contributed by atoms with van der Waals surface area (Å²) in [5, 5.41) is 8.59. The first-order valence-electron chi connectivity index (χ1n) is 3.39. The van der Waals surface area contributed by atoms with Gasteiger partial charge in [0.2, 0.25) is 0 Å². The van der Waals surface area contributed by atoms with Crippen LogP contribution in [0.2, 0.25) is 0 Å². The highest BCUT2D eigenvalue weighted by Crippen LogP contribution is 2.19. The van der Waals surface area contributed by atoms with Gasteiger partial charge in [0.15, 0.2) is 0 Å². The van der Waals surface area contributed by atoms with E-state index in [1.165, 1.54) is 0 Å². The predicted molar refractivity (Wildman–Crippen MR) is 40.5 cm³/mol. The minimum Gasteiger partial charge on any atom is -0.477 e. The Hall–Kier alpha value is -1.51. The summed E-state index contributed by atoms with van der Waals surface area (Å²) >= 11 is 0. The molecule has 0 aliphatic heterocycles. The number of rotatable bonds is 1. The van der Waals surface area contributed by atoms with Crippen LogP contribution in [-0.2, 0) is 6.42 Å². The van der Waals surface area contributed by atoms with Crippen molar-refractivity contribution in [3.8, 4) is 0 Å². The molecule has 1 aliphatic carbocycles. The van der Waals surface area contributed by atoms with Crippen LogP contribution in [0.3, 0.4) is 0 Å². The van der Waals surface area contributed by atoms with Crippen LogP contribution in [0.15, 0.2) is 12.1 Å². The average molecular weight is 149 g/mol. The van der Waals surface area contributed by atoms with E-state index in [0.29, 0.717) is 0 Å². The Morgan fingerprint density at radius 2 is 2.45 bits per heavy atom. The summed E-state index contributed by atoms with van der Waals surface area (Å²) < 4.78 is 0. The molecular weight excluding hydrogens is 142 g/mol. The van der Waals surface area contributed by atoms with Gasteiger partial charge in [-0.25, -0.2) is 4.79 Å². The Morgan fingerprint density at radius 3 is 3.09 bits per heavy atom. The van der Waals surface area contributed by atoms with E-state index in [2.05, 4.69) is 4.98 Å². The van der Waals surface area contributed by atoms with Gasteiger partial charge in [-0.2, -0.15) is 0 Å². The highest BCUT2D eigenvalue weighted by molar-refractivity contribution is 5.87. The maximum atomic E-state index is 10.5. The average Bonchev–Trinajstić information content (AvgIpc) is 2.40. The van der Waals surface area contributed by atoms with Crippen LogP contribution in [0.4, 0.5) is 0 Å². The number of aromatic amines is 1. The van der Waals surface area contributed by atoms with E-state index in [9.17, 15) is 4.79 Å². The number of carboxylic acid groups (broad SMARTS) is 1. The van der Waals surface area contributed by atoms with Crippen molar-refractivity contribution >= 4 is 12.0 Å². The summed E-state index contributed by atoms with van der Waals surface area (Å²) in [5.41, 5.74) is 2.28. The SMILES string of the molecule is O=C(O)c1cc2c([nH]1)C=CC2. The second kappa shape index (κ2) is 1.99. The number of hydrogen-bond donors (Lipinski definition) is 2. The highest BCUT2D eigenvalue weighted by Gasteiger charge is 2.12. The Balaban J connectivity index is 2.49. The van der Waals surface area contributed by atoms with Crippen LogP contribution < -0.4 is 0 Å². The van der Waals surface area contributed by atoms with Gasteiger partial charge in [-0.05, 0) is 24.1 Å². The molecule has 0 fully saturated rings. The Kier molecular flexibility index (Phi) is 1.12. The van der Waals surface area contributed by atoms with Crippen molar-refractivity contribution in [3.05, 3.63) is 29.1 Å². The van der Waals surface area contributed by atoms with Crippen molar-refractivity contribution in [2.45, 2.75) is 6.42 Å². The molecule has 0 spiro atoms. The van der Waals surface area contributed by atoms with Crippen molar-refractivity contribution in [1.29, 1.82) is 0 Å². The van der Waals surface area contributed by atoms with E-state index >= 15 is 0 Å². The number of allylic oxidation sites excluding steroid dienone is 1. The van der Waals surface area contributed by atoms with Gasteiger partial charge in [0.25, 0.3) is 0 Å². The lowest BCUT2D eigenvalue weighted by atomic mass is 10.2. The fraction of sp³-hybridized carbons (Fsp3) is 0.125. The van der Waals surface area contributed by atoms with Gasteiger partial charge in [0.05, 0.1) is 0 Å². The summed E-state index contributed by atoms with van der Waals surface area (Å²) in [5.74, 6) is -0.896. The van der Waals surface area contributed by atoms with E-state index in [-0.39, 0.29) is 5.69 Å². The van der Waals surface area contributed by atoms with Gasteiger partial charge >= 0.3 is 5.97 Å². The number of aromatic carboxylic acids is 1. The lowest BCUT2D eigenvalue weighted by Crippen LogP contribution is -1.95. The van der Waals surface area contributed by atoms with E-state index in [0.717, 1.165) is 17.7 Å². The quantitative estimate of drug-likeness (QED) is 0.632. The number of hydrogen-bond acceptors (Lipinski definition) is 1. The molecule has 2 rings (SSSR count). The maximum Gasteiger partial charge on any atom is 0.352 e. The second-order valence-corrected chi connectivity index (χ2v) is 2.53. The predicted octanol–water partition coefficient (Wildman–Crippen LogP) is 1.28. The first kappa shape index (κ1) is 6.22. The van der Waals surface area contributed by atoms with E-state index in [1.807, 2.05) is 12.2 Å². The van der Waals surface area contributed by atoms with Crippen LogP contribution in [0.1, 0.15) is 21.7 Å². The smallest absolute Gasteiger partial charge is 0.352 e. The van der Waals surface area contributed by atoms with Crippen molar-refractivity contribution in [2.24, 2.45) is 0 Å². The van der Waals surface area contributed by atoms with Crippen LogP contribution in [0, 0.1) is 0 Å². The molecule has 1 aliphatic rings. The lowest BCUT2D eigenvalue weighted by Gasteiger charge is -1.84. The van der Waals surface area contributed by atoms with E-state index < -0.39 is 5.97 Å². The molecule has 3 nitrogen and oxygen atoms in total. The molecular formula is C8H7NO2. The van der Waals surface area contributed by atoms with Crippen LogP contribution >= 0.6 is 0 Å².